The van der Waals surface area contributed by atoms with Gasteiger partial charge < -0.3 is 20.4 Å². The molecule has 0 saturated heterocycles. The van der Waals surface area contributed by atoms with Crippen LogP contribution in [0, 0.1) is 0 Å². The maximum atomic E-state index is 13.8. The highest BCUT2D eigenvalue weighted by molar-refractivity contribution is 5.89. The number of hydrogen-bond acceptors (Lipinski definition) is 4. The van der Waals surface area contributed by atoms with Crippen molar-refractivity contribution in [2.75, 3.05) is 0 Å². The van der Waals surface area contributed by atoms with E-state index in [1.165, 1.54) is 24.3 Å². The van der Waals surface area contributed by atoms with Crippen LogP contribution in [-0.2, 0) is 5.41 Å². The van der Waals surface area contributed by atoms with Gasteiger partial charge in [0, 0.05) is 0 Å². The first-order valence-electron chi connectivity index (χ1n) is 13.0. The van der Waals surface area contributed by atoms with Gasteiger partial charge in [-0.1, -0.05) is 60.7 Å². The number of aromatic carboxylic acids is 4. The molecular weight excluding hydrogens is 638 g/mol. The Balaban J connectivity index is 0.000000267. The largest absolute Gasteiger partial charge is 0.478 e. The molecule has 4 N–H and O–H groups in total. The van der Waals surface area contributed by atoms with Crippen molar-refractivity contribution in [3.8, 4) is 0 Å². The van der Waals surface area contributed by atoms with Crippen LogP contribution in [0.4, 0.5) is 26.3 Å². The predicted octanol–water partition coefficient (Wildman–Crippen LogP) is 7.75. The summed E-state index contributed by atoms with van der Waals surface area (Å²) in [6, 6.07) is 17.3. The molecule has 47 heavy (non-hydrogen) atoms. The van der Waals surface area contributed by atoms with Gasteiger partial charge in [0.15, 0.2) is 0 Å². The quantitative estimate of drug-likeness (QED) is 0.111. The van der Waals surface area contributed by atoms with Gasteiger partial charge in [-0.25, -0.2) is 19.2 Å². The Kier molecular flexibility index (Phi) is 10.6. The Hall–Kier alpha value is -5.92. The molecular formula is C33H22F6O8. The molecule has 0 heterocycles. The fraction of sp³-hybridized carbons (Fsp3) is 0.0909. The Bertz CT molecular complexity index is 1640. The minimum Gasteiger partial charge on any atom is -0.478 e. The van der Waals surface area contributed by atoms with E-state index in [2.05, 4.69) is 0 Å². The zero-order valence-corrected chi connectivity index (χ0v) is 23.6. The summed E-state index contributed by atoms with van der Waals surface area (Å²) in [7, 11) is 0. The highest BCUT2D eigenvalue weighted by Gasteiger charge is 2.72. The molecule has 0 aliphatic carbocycles. The molecule has 4 aromatic rings. The fourth-order valence-electron chi connectivity index (χ4n) is 4.37. The van der Waals surface area contributed by atoms with Crippen molar-refractivity contribution in [2.24, 2.45) is 0 Å². The number of alkyl halides is 6. The molecule has 0 atom stereocenters. The lowest BCUT2D eigenvalue weighted by atomic mass is 9.72. The molecule has 244 valence electrons. The molecule has 0 saturated carbocycles. The van der Waals surface area contributed by atoms with Crippen molar-refractivity contribution in [3.63, 3.8) is 0 Å². The first kappa shape index (κ1) is 35.6. The van der Waals surface area contributed by atoms with E-state index >= 15 is 0 Å². The van der Waals surface area contributed by atoms with E-state index in [4.69, 9.17) is 20.4 Å². The smallest absolute Gasteiger partial charge is 0.411 e. The van der Waals surface area contributed by atoms with Crippen LogP contribution in [0.15, 0.2) is 97.1 Å². The van der Waals surface area contributed by atoms with E-state index in [1.54, 1.807) is 24.3 Å². The van der Waals surface area contributed by atoms with Crippen LogP contribution >= 0.6 is 0 Å². The lowest BCUT2D eigenvalue weighted by Gasteiger charge is -2.38. The molecule has 0 fully saturated rings. The number of benzene rings is 4. The standard InChI is InChI=1S/C17H10F6O4.C16H12O4/c18-16(19,20)15(17(21,22)23,11-5-1-9(2-6-11)13(24)25)12-7-3-10(4-8-12)14(26)27;17-15(18)13-7-3-11(4-8-13)1-2-12-5-9-14(10-6-12)16(19)20/h1-8H,(H,24,25)(H,26,27);1-10H,(H,17,18)(H,19,20). The van der Waals surface area contributed by atoms with Gasteiger partial charge in [0.05, 0.1) is 22.3 Å². The van der Waals surface area contributed by atoms with Gasteiger partial charge in [-0.15, -0.1) is 0 Å². The molecule has 0 aliphatic heterocycles. The molecule has 0 amide bonds. The summed E-state index contributed by atoms with van der Waals surface area (Å²) in [5, 5.41) is 35.2. The highest BCUT2D eigenvalue weighted by Crippen LogP contribution is 2.56. The van der Waals surface area contributed by atoms with Crippen LogP contribution in [-0.4, -0.2) is 56.7 Å². The monoisotopic (exact) mass is 660 g/mol. The van der Waals surface area contributed by atoms with Crippen LogP contribution in [0.2, 0.25) is 0 Å². The van der Waals surface area contributed by atoms with Gasteiger partial charge in [-0.3, -0.25) is 0 Å². The van der Waals surface area contributed by atoms with Crippen molar-refractivity contribution in [1.29, 1.82) is 0 Å². The number of hydrogen-bond donors (Lipinski definition) is 4. The van der Waals surface area contributed by atoms with Crippen molar-refractivity contribution >= 4 is 36.0 Å². The first-order chi connectivity index (χ1) is 21.9. The molecule has 0 aliphatic rings. The highest BCUT2D eigenvalue weighted by atomic mass is 19.4. The maximum Gasteiger partial charge on any atom is 0.411 e. The molecule has 0 aromatic heterocycles. The van der Waals surface area contributed by atoms with E-state index in [1.807, 2.05) is 12.2 Å². The summed E-state index contributed by atoms with van der Waals surface area (Å²) < 4.78 is 82.8. The molecule has 0 radical (unpaired) electrons. The van der Waals surface area contributed by atoms with Crippen LogP contribution in [0.5, 0.6) is 0 Å². The average Bonchev–Trinajstić information content (AvgIpc) is 3.00. The van der Waals surface area contributed by atoms with Gasteiger partial charge in [0.25, 0.3) is 0 Å². The summed E-state index contributed by atoms with van der Waals surface area (Å²) >= 11 is 0. The summed E-state index contributed by atoms with van der Waals surface area (Å²) in [6.07, 6.45) is -8.02. The minimum absolute atomic E-state index is 0.243. The van der Waals surface area contributed by atoms with E-state index in [-0.39, 0.29) is 11.1 Å². The second-order valence-corrected chi connectivity index (χ2v) is 9.70. The zero-order chi connectivity index (χ0) is 35.2. The Morgan fingerprint density at radius 2 is 0.617 bits per heavy atom. The summed E-state index contributed by atoms with van der Waals surface area (Å²) in [6.45, 7) is 0. The van der Waals surface area contributed by atoms with E-state index in [0.29, 0.717) is 48.5 Å². The topological polar surface area (TPSA) is 149 Å². The number of halogens is 6. The second kappa shape index (κ2) is 14.0. The van der Waals surface area contributed by atoms with E-state index < -0.39 is 63.9 Å². The van der Waals surface area contributed by atoms with Crippen LogP contribution in [0.25, 0.3) is 12.2 Å². The van der Waals surface area contributed by atoms with E-state index in [9.17, 15) is 45.5 Å². The summed E-state index contributed by atoms with van der Waals surface area (Å²) in [5.74, 6) is -4.94. The van der Waals surface area contributed by atoms with Gasteiger partial charge in [-0.05, 0) is 70.8 Å². The number of carboxylic acids is 4. The molecule has 4 aromatic carbocycles. The average molecular weight is 661 g/mol. The zero-order valence-electron chi connectivity index (χ0n) is 23.6. The van der Waals surface area contributed by atoms with Crippen molar-refractivity contribution in [3.05, 3.63) is 142 Å². The minimum atomic E-state index is -5.85. The number of carbonyl (C=O) groups is 4. The molecule has 14 heteroatoms. The van der Waals surface area contributed by atoms with Crippen molar-refractivity contribution in [1.82, 2.24) is 0 Å². The van der Waals surface area contributed by atoms with Crippen LogP contribution in [0.3, 0.4) is 0 Å². The summed E-state index contributed by atoms with van der Waals surface area (Å²) in [5.41, 5.74) is -5.69. The molecule has 0 bridgehead atoms. The second-order valence-electron chi connectivity index (χ2n) is 9.70. The van der Waals surface area contributed by atoms with E-state index in [0.717, 1.165) is 11.1 Å². The molecule has 8 nitrogen and oxygen atoms in total. The normalized spacial score (nSPS) is 11.8. The molecule has 4 rings (SSSR count). The maximum absolute atomic E-state index is 13.8. The fourth-order valence-corrected chi connectivity index (χ4v) is 4.37. The van der Waals surface area contributed by atoms with Crippen molar-refractivity contribution < 1.29 is 65.9 Å². The molecule has 0 unspecified atom stereocenters. The SMILES string of the molecule is O=C(O)c1ccc(C(c2ccc(C(=O)O)cc2)(C(F)(F)F)C(F)(F)F)cc1.O=C(O)c1ccc(C=Cc2ccc(C(=O)O)cc2)cc1. The third-order valence-corrected chi connectivity index (χ3v) is 6.76. The van der Waals surface area contributed by atoms with Crippen LogP contribution < -0.4 is 0 Å². The van der Waals surface area contributed by atoms with Gasteiger partial charge >= 0.3 is 36.2 Å². The third-order valence-electron chi connectivity index (χ3n) is 6.76. The number of rotatable bonds is 8. The lowest BCUT2D eigenvalue weighted by molar-refractivity contribution is -0.288. The third kappa shape index (κ3) is 8.03. The van der Waals surface area contributed by atoms with Gasteiger partial charge in [-0.2, -0.15) is 26.3 Å². The van der Waals surface area contributed by atoms with Crippen LogP contribution in [0.1, 0.15) is 63.7 Å². The summed E-state index contributed by atoms with van der Waals surface area (Å²) in [4.78, 5) is 43.1. The van der Waals surface area contributed by atoms with Gasteiger partial charge in [0.1, 0.15) is 0 Å². The van der Waals surface area contributed by atoms with Gasteiger partial charge in [0.2, 0.25) is 5.41 Å². The Morgan fingerprint density at radius 3 is 0.809 bits per heavy atom. The molecule has 0 spiro atoms. The Labute approximate surface area is 261 Å². The lowest BCUT2D eigenvalue weighted by Crippen LogP contribution is -2.54. The predicted molar refractivity (Wildman–Crippen MR) is 155 cm³/mol. The number of carboxylic acid groups (broad SMARTS) is 4. The Morgan fingerprint density at radius 1 is 0.404 bits per heavy atom. The first-order valence-corrected chi connectivity index (χ1v) is 13.0. The van der Waals surface area contributed by atoms with Crippen molar-refractivity contribution in [2.45, 2.75) is 17.8 Å².